The Labute approximate surface area is 111 Å². The Morgan fingerprint density at radius 1 is 1.50 bits per heavy atom. The van der Waals surface area contributed by atoms with Gasteiger partial charge < -0.3 is 9.84 Å². The molecular weight excluding hydrogens is 250 g/mol. The normalized spacial score (nSPS) is 16.7. The molecule has 0 saturated carbocycles. The Kier molecular flexibility index (Phi) is 4.60. The summed E-state index contributed by atoms with van der Waals surface area (Å²) >= 11 is 1.67. The minimum atomic E-state index is -0.888. The zero-order chi connectivity index (χ0) is 13.0. The molecule has 0 atom stereocenters. The first-order valence-electron chi connectivity index (χ1n) is 6.17. The number of rotatable bonds is 4. The van der Waals surface area contributed by atoms with Gasteiger partial charge in [-0.3, -0.25) is 0 Å². The summed E-state index contributed by atoms with van der Waals surface area (Å²) in [4.78, 5) is 15.5. The molecule has 0 bridgehead atoms. The lowest BCUT2D eigenvalue weighted by molar-refractivity contribution is 0.0696. The average Bonchev–Trinajstić information content (AvgIpc) is 2.39. The lowest BCUT2D eigenvalue weighted by Gasteiger charge is -2.21. The van der Waals surface area contributed by atoms with Gasteiger partial charge in [-0.25, -0.2) is 9.78 Å². The number of thioether (sulfide) groups is 1. The van der Waals surface area contributed by atoms with Gasteiger partial charge in [-0.15, -0.1) is 11.8 Å². The summed E-state index contributed by atoms with van der Waals surface area (Å²) in [5.74, 6) is -0.888. The smallest absolute Gasteiger partial charge is 0.335 e. The van der Waals surface area contributed by atoms with E-state index < -0.39 is 5.97 Å². The zero-order valence-corrected chi connectivity index (χ0v) is 11.2. The number of nitrogens with zero attached hydrogens (tertiary/aromatic N) is 1. The largest absolute Gasteiger partial charge is 0.478 e. The van der Waals surface area contributed by atoms with Crippen molar-refractivity contribution >= 4 is 17.7 Å². The van der Waals surface area contributed by atoms with Crippen LogP contribution >= 0.6 is 11.8 Å². The van der Waals surface area contributed by atoms with Crippen molar-refractivity contribution in [1.82, 2.24) is 4.98 Å². The summed E-state index contributed by atoms with van der Waals surface area (Å²) in [6.45, 7) is 3.56. The maximum Gasteiger partial charge on any atom is 0.335 e. The van der Waals surface area contributed by atoms with Crippen molar-refractivity contribution < 1.29 is 14.6 Å². The minimum absolute atomic E-state index is 0.330. The number of carbonyl (C=O) groups is 1. The number of carboxylic acid groups (broad SMARTS) is 1. The third-order valence-corrected chi connectivity index (χ3v) is 4.18. The van der Waals surface area contributed by atoms with Crippen molar-refractivity contribution in [3.63, 3.8) is 0 Å². The van der Waals surface area contributed by atoms with Crippen LogP contribution in [0, 0.1) is 0 Å². The average molecular weight is 267 g/mol. The Morgan fingerprint density at radius 3 is 2.83 bits per heavy atom. The van der Waals surface area contributed by atoms with E-state index in [9.17, 15) is 4.79 Å². The molecule has 18 heavy (non-hydrogen) atoms. The van der Waals surface area contributed by atoms with Crippen molar-refractivity contribution in [3.05, 3.63) is 23.4 Å². The quantitative estimate of drug-likeness (QED) is 0.908. The molecule has 1 saturated heterocycles. The molecule has 0 radical (unpaired) electrons. The predicted molar refractivity (Wildman–Crippen MR) is 70.3 cm³/mol. The number of aromatic carboxylic acids is 1. The van der Waals surface area contributed by atoms with E-state index in [0.717, 1.165) is 43.2 Å². The molecule has 1 aliphatic rings. The first-order valence-corrected chi connectivity index (χ1v) is 7.05. The van der Waals surface area contributed by atoms with Crippen LogP contribution in [-0.2, 0) is 11.2 Å². The van der Waals surface area contributed by atoms with E-state index in [-0.39, 0.29) is 0 Å². The fourth-order valence-electron chi connectivity index (χ4n) is 1.89. The van der Waals surface area contributed by atoms with Crippen LogP contribution in [0.15, 0.2) is 17.2 Å². The molecule has 1 aliphatic heterocycles. The van der Waals surface area contributed by atoms with E-state index in [1.807, 2.05) is 6.92 Å². The second-order valence-corrected chi connectivity index (χ2v) is 5.59. The summed E-state index contributed by atoms with van der Waals surface area (Å²) in [5.41, 5.74) is 1.17. The third kappa shape index (κ3) is 3.46. The number of pyridine rings is 1. The summed E-state index contributed by atoms with van der Waals surface area (Å²) in [6, 6.07) is 3.32. The Balaban J connectivity index is 2.15. The first-order chi connectivity index (χ1) is 8.69. The van der Waals surface area contributed by atoms with Gasteiger partial charge in [-0.2, -0.15) is 0 Å². The van der Waals surface area contributed by atoms with Gasteiger partial charge in [0.1, 0.15) is 0 Å². The number of carboxylic acids is 1. The fourth-order valence-corrected chi connectivity index (χ4v) is 3.02. The minimum Gasteiger partial charge on any atom is -0.478 e. The van der Waals surface area contributed by atoms with Crippen LogP contribution in [0.25, 0.3) is 0 Å². The van der Waals surface area contributed by atoms with Crippen LogP contribution < -0.4 is 0 Å². The van der Waals surface area contributed by atoms with E-state index in [4.69, 9.17) is 9.84 Å². The van der Waals surface area contributed by atoms with E-state index in [2.05, 4.69) is 4.98 Å². The second kappa shape index (κ2) is 6.20. The van der Waals surface area contributed by atoms with Crippen molar-refractivity contribution in [2.24, 2.45) is 0 Å². The van der Waals surface area contributed by atoms with Gasteiger partial charge in [0.05, 0.1) is 10.6 Å². The van der Waals surface area contributed by atoms with Crippen LogP contribution in [-0.4, -0.2) is 34.5 Å². The molecule has 98 valence electrons. The van der Waals surface area contributed by atoms with E-state index in [1.54, 1.807) is 23.9 Å². The maximum atomic E-state index is 11.1. The number of hydrogen-bond acceptors (Lipinski definition) is 4. The molecule has 5 heteroatoms. The highest BCUT2D eigenvalue weighted by atomic mass is 32.2. The predicted octanol–water partition coefficient (Wildman–Crippen LogP) is 2.61. The van der Waals surface area contributed by atoms with Crippen LogP contribution in [0.5, 0.6) is 0 Å². The molecule has 1 N–H and O–H groups in total. The lowest BCUT2D eigenvalue weighted by atomic mass is 10.2. The van der Waals surface area contributed by atoms with E-state index in [1.165, 1.54) is 0 Å². The summed E-state index contributed by atoms with van der Waals surface area (Å²) in [7, 11) is 0. The number of hydrogen-bond donors (Lipinski definition) is 1. The fraction of sp³-hybridized carbons (Fsp3) is 0.538. The van der Waals surface area contributed by atoms with E-state index in [0.29, 0.717) is 10.8 Å². The Morgan fingerprint density at radius 2 is 2.22 bits per heavy atom. The van der Waals surface area contributed by atoms with Gasteiger partial charge in [-0.1, -0.05) is 6.92 Å². The topological polar surface area (TPSA) is 59.4 Å². The van der Waals surface area contributed by atoms with Gasteiger partial charge >= 0.3 is 5.97 Å². The first kappa shape index (κ1) is 13.4. The summed E-state index contributed by atoms with van der Waals surface area (Å²) in [6.07, 6.45) is 2.76. The van der Waals surface area contributed by atoms with Gasteiger partial charge in [0.2, 0.25) is 0 Å². The highest BCUT2D eigenvalue weighted by Gasteiger charge is 2.17. The Bertz CT molecular complexity index is 430. The van der Waals surface area contributed by atoms with Crippen molar-refractivity contribution in [1.29, 1.82) is 0 Å². The summed E-state index contributed by atoms with van der Waals surface area (Å²) < 4.78 is 5.32. The number of aryl methyl sites for hydroxylation is 1. The highest BCUT2D eigenvalue weighted by Crippen LogP contribution is 2.29. The Hall–Kier alpha value is -1.07. The molecule has 1 aromatic heterocycles. The highest BCUT2D eigenvalue weighted by molar-refractivity contribution is 7.99. The van der Waals surface area contributed by atoms with Gasteiger partial charge in [0, 0.05) is 24.2 Å². The summed E-state index contributed by atoms with van der Waals surface area (Å²) in [5, 5.41) is 10.4. The molecule has 1 fully saturated rings. The van der Waals surface area contributed by atoms with Gasteiger partial charge in [-0.05, 0) is 31.4 Å². The number of aromatic nitrogens is 1. The van der Waals surface area contributed by atoms with Gasteiger partial charge in [0.15, 0.2) is 0 Å². The molecule has 0 aromatic carbocycles. The molecule has 4 nitrogen and oxygen atoms in total. The van der Waals surface area contributed by atoms with Crippen molar-refractivity contribution in [2.75, 3.05) is 13.2 Å². The van der Waals surface area contributed by atoms with Gasteiger partial charge in [0.25, 0.3) is 0 Å². The number of ether oxygens (including phenoxy) is 1. The van der Waals surface area contributed by atoms with Crippen LogP contribution in [0.1, 0.15) is 35.8 Å². The monoisotopic (exact) mass is 267 g/mol. The molecule has 1 aromatic rings. The lowest BCUT2D eigenvalue weighted by Crippen LogP contribution is -2.17. The van der Waals surface area contributed by atoms with Crippen LogP contribution in [0.4, 0.5) is 0 Å². The van der Waals surface area contributed by atoms with Crippen molar-refractivity contribution in [2.45, 2.75) is 36.5 Å². The van der Waals surface area contributed by atoms with Crippen molar-refractivity contribution in [3.8, 4) is 0 Å². The second-order valence-electron chi connectivity index (χ2n) is 4.27. The van der Waals surface area contributed by atoms with Crippen LogP contribution in [0.2, 0.25) is 0 Å². The van der Waals surface area contributed by atoms with E-state index >= 15 is 0 Å². The molecule has 0 spiro atoms. The molecule has 2 rings (SSSR count). The maximum absolute atomic E-state index is 11.1. The molecular formula is C13H17NO3S. The molecule has 2 heterocycles. The standard InChI is InChI=1S/C13H17NO3S/c1-2-10-7-9(13(15)16)8-12(14-10)18-11-3-5-17-6-4-11/h7-8,11H,2-6H2,1H3,(H,15,16). The molecule has 0 amide bonds. The van der Waals surface area contributed by atoms with Crippen LogP contribution in [0.3, 0.4) is 0 Å². The SMILES string of the molecule is CCc1cc(C(=O)O)cc(SC2CCOCC2)n1. The third-order valence-electron chi connectivity index (χ3n) is 2.92. The molecule has 0 unspecified atom stereocenters. The molecule has 0 aliphatic carbocycles. The zero-order valence-electron chi connectivity index (χ0n) is 10.4.